The first kappa shape index (κ1) is 20.9. The maximum absolute atomic E-state index is 12.3. The standard InChI is InChI=1S/C19H26ClNO4S/c1-11-5-4-6-14(12(11)2)21-19(24)13(3)25-18(23)10-7-15(22)16-8-9-17(20)26-16/h8-9,11-14H,4-7,10H2,1-3H3,(H,21,24)/t11-,12-,13-,14-/m1/s1. The van der Waals surface area contributed by atoms with E-state index in [0.29, 0.717) is 21.0 Å². The summed E-state index contributed by atoms with van der Waals surface area (Å²) in [5.41, 5.74) is 0. The molecule has 26 heavy (non-hydrogen) atoms. The molecule has 0 bridgehead atoms. The average molecular weight is 400 g/mol. The Kier molecular flexibility index (Phi) is 7.65. The summed E-state index contributed by atoms with van der Waals surface area (Å²) in [5, 5.41) is 3.00. The number of ketones is 1. The van der Waals surface area contributed by atoms with Crippen LogP contribution in [0.5, 0.6) is 0 Å². The zero-order valence-electron chi connectivity index (χ0n) is 15.4. The van der Waals surface area contributed by atoms with Crippen LogP contribution in [0, 0.1) is 11.8 Å². The van der Waals surface area contributed by atoms with Gasteiger partial charge in [-0.25, -0.2) is 0 Å². The summed E-state index contributed by atoms with van der Waals surface area (Å²) in [6.07, 6.45) is 2.36. The van der Waals surface area contributed by atoms with Gasteiger partial charge < -0.3 is 10.1 Å². The molecule has 1 aliphatic rings. The van der Waals surface area contributed by atoms with Gasteiger partial charge in [0.25, 0.3) is 5.91 Å². The minimum Gasteiger partial charge on any atom is -0.453 e. The smallest absolute Gasteiger partial charge is 0.307 e. The number of Topliss-reactive ketones (excluding diaryl/α,β-unsaturated/α-hetero) is 1. The fraction of sp³-hybridized carbons (Fsp3) is 0.632. The summed E-state index contributed by atoms with van der Waals surface area (Å²) in [4.78, 5) is 36.7. The third-order valence-electron chi connectivity index (χ3n) is 5.12. The van der Waals surface area contributed by atoms with Crippen molar-refractivity contribution in [3.63, 3.8) is 0 Å². The Hall–Kier alpha value is -1.40. The van der Waals surface area contributed by atoms with E-state index in [1.54, 1.807) is 19.1 Å². The molecule has 1 N–H and O–H groups in total. The molecule has 0 radical (unpaired) electrons. The fourth-order valence-corrected chi connectivity index (χ4v) is 4.21. The summed E-state index contributed by atoms with van der Waals surface area (Å²) in [6, 6.07) is 3.41. The molecule has 1 heterocycles. The monoisotopic (exact) mass is 399 g/mol. The van der Waals surface area contributed by atoms with E-state index in [4.69, 9.17) is 16.3 Å². The number of carbonyl (C=O) groups is 3. The number of nitrogens with one attached hydrogen (secondary N) is 1. The fourth-order valence-electron chi connectivity index (χ4n) is 3.20. The Morgan fingerprint density at radius 2 is 2.00 bits per heavy atom. The third kappa shape index (κ3) is 5.81. The van der Waals surface area contributed by atoms with Crippen molar-refractivity contribution in [2.24, 2.45) is 11.8 Å². The zero-order valence-corrected chi connectivity index (χ0v) is 17.0. The van der Waals surface area contributed by atoms with Gasteiger partial charge in [0.05, 0.1) is 15.6 Å². The van der Waals surface area contributed by atoms with Crippen LogP contribution in [-0.4, -0.2) is 29.8 Å². The molecule has 1 aliphatic carbocycles. The summed E-state index contributed by atoms with van der Waals surface area (Å²) in [6.45, 7) is 5.91. The van der Waals surface area contributed by atoms with Crippen molar-refractivity contribution in [3.8, 4) is 0 Å². The molecule has 0 aromatic carbocycles. The van der Waals surface area contributed by atoms with Crippen LogP contribution >= 0.6 is 22.9 Å². The molecule has 0 saturated heterocycles. The molecule has 1 aromatic heterocycles. The van der Waals surface area contributed by atoms with Gasteiger partial charge in [-0.15, -0.1) is 11.3 Å². The number of hydrogen-bond donors (Lipinski definition) is 1. The molecule has 144 valence electrons. The molecule has 7 heteroatoms. The predicted molar refractivity (Wildman–Crippen MR) is 103 cm³/mol. The topological polar surface area (TPSA) is 72.5 Å². The van der Waals surface area contributed by atoms with Crippen LogP contribution in [0.4, 0.5) is 0 Å². The van der Waals surface area contributed by atoms with Gasteiger partial charge in [-0.2, -0.15) is 0 Å². The Morgan fingerprint density at radius 3 is 2.65 bits per heavy atom. The molecular formula is C19H26ClNO4S. The van der Waals surface area contributed by atoms with Crippen LogP contribution in [-0.2, 0) is 14.3 Å². The summed E-state index contributed by atoms with van der Waals surface area (Å²) in [7, 11) is 0. The highest BCUT2D eigenvalue weighted by Crippen LogP contribution is 2.29. The molecule has 2 rings (SSSR count). The van der Waals surface area contributed by atoms with Gasteiger partial charge in [0, 0.05) is 12.5 Å². The third-order valence-corrected chi connectivity index (χ3v) is 6.39. The lowest BCUT2D eigenvalue weighted by atomic mass is 9.78. The molecule has 1 aromatic rings. The second-order valence-corrected chi connectivity index (χ2v) is 8.76. The molecule has 4 atom stereocenters. The molecule has 0 unspecified atom stereocenters. The van der Waals surface area contributed by atoms with Crippen LogP contribution < -0.4 is 5.32 Å². The SMILES string of the molecule is C[C@@H]1[C@H](C)CCC[C@H]1NC(=O)[C@@H](C)OC(=O)CCC(=O)c1ccc(Cl)s1. The first-order valence-corrected chi connectivity index (χ1v) is 10.3. The lowest BCUT2D eigenvalue weighted by Crippen LogP contribution is -2.47. The normalized spacial score (nSPS) is 23.9. The van der Waals surface area contributed by atoms with Crippen molar-refractivity contribution >= 4 is 40.6 Å². The maximum Gasteiger partial charge on any atom is 0.307 e. The molecule has 1 amide bonds. The van der Waals surface area contributed by atoms with E-state index in [2.05, 4.69) is 19.2 Å². The number of halogens is 1. The molecule has 0 aliphatic heterocycles. The summed E-state index contributed by atoms with van der Waals surface area (Å²) < 4.78 is 5.72. The number of ether oxygens (including phenoxy) is 1. The largest absolute Gasteiger partial charge is 0.453 e. The van der Waals surface area contributed by atoms with Crippen LogP contribution in [0.2, 0.25) is 4.34 Å². The second kappa shape index (κ2) is 9.51. The first-order valence-electron chi connectivity index (χ1n) is 9.06. The van der Waals surface area contributed by atoms with E-state index >= 15 is 0 Å². The lowest BCUT2D eigenvalue weighted by Gasteiger charge is -2.35. The quantitative estimate of drug-likeness (QED) is 0.549. The number of rotatable bonds is 7. The highest BCUT2D eigenvalue weighted by molar-refractivity contribution is 7.18. The summed E-state index contributed by atoms with van der Waals surface area (Å²) in [5.74, 6) is 0.00451. The second-order valence-electron chi connectivity index (χ2n) is 7.04. The predicted octanol–water partition coefficient (Wildman–Crippen LogP) is 4.24. The Morgan fingerprint density at radius 1 is 1.27 bits per heavy atom. The summed E-state index contributed by atoms with van der Waals surface area (Å²) >= 11 is 6.99. The average Bonchev–Trinajstić information content (AvgIpc) is 3.03. The van der Waals surface area contributed by atoms with Crippen molar-refractivity contribution < 1.29 is 19.1 Å². The number of esters is 1. The molecule has 0 spiro atoms. The van der Waals surface area contributed by atoms with E-state index < -0.39 is 12.1 Å². The van der Waals surface area contributed by atoms with Crippen LogP contribution in [0.1, 0.15) is 62.5 Å². The van der Waals surface area contributed by atoms with E-state index in [1.165, 1.54) is 17.8 Å². The molecule has 1 saturated carbocycles. The van der Waals surface area contributed by atoms with Gasteiger partial charge in [0.2, 0.25) is 0 Å². The molecule has 5 nitrogen and oxygen atoms in total. The maximum atomic E-state index is 12.3. The highest BCUT2D eigenvalue weighted by atomic mass is 35.5. The van der Waals surface area contributed by atoms with Gasteiger partial charge in [-0.3, -0.25) is 14.4 Å². The van der Waals surface area contributed by atoms with E-state index in [0.717, 1.165) is 12.8 Å². The van der Waals surface area contributed by atoms with E-state index in [9.17, 15) is 14.4 Å². The van der Waals surface area contributed by atoms with Gasteiger partial charge in [0.1, 0.15) is 0 Å². The number of thiophene rings is 1. The van der Waals surface area contributed by atoms with Gasteiger partial charge in [-0.05, 0) is 37.3 Å². The van der Waals surface area contributed by atoms with Crippen molar-refractivity contribution in [3.05, 3.63) is 21.3 Å². The van der Waals surface area contributed by atoms with Crippen molar-refractivity contribution in [2.75, 3.05) is 0 Å². The Labute approximate surface area is 163 Å². The number of hydrogen-bond acceptors (Lipinski definition) is 5. The number of amides is 1. The van der Waals surface area contributed by atoms with Crippen LogP contribution in [0.3, 0.4) is 0 Å². The van der Waals surface area contributed by atoms with Crippen LogP contribution in [0.25, 0.3) is 0 Å². The van der Waals surface area contributed by atoms with Gasteiger partial charge in [0.15, 0.2) is 11.9 Å². The number of carbonyl (C=O) groups excluding carboxylic acids is 3. The van der Waals surface area contributed by atoms with Crippen molar-refractivity contribution in [1.82, 2.24) is 5.32 Å². The van der Waals surface area contributed by atoms with Crippen LogP contribution in [0.15, 0.2) is 12.1 Å². The van der Waals surface area contributed by atoms with Gasteiger partial charge >= 0.3 is 5.97 Å². The van der Waals surface area contributed by atoms with Crippen molar-refractivity contribution in [2.45, 2.75) is 65.0 Å². The minimum absolute atomic E-state index is 0.0428. The molecular weight excluding hydrogens is 374 g/mol. The highest BCUT2D eigenvalue weighted by Gasteiger charge is 2.30. The van der Waals surface area contributed by atoms with E-state index in [1.807, 2.05) is 0 Å². The first-order chi connectivity index (χ1) is 12.3. The van der Waals surface area contributed by atoms with Crippen molar-refractivity contribution in [1.29, 1.82) is 0 Å². The zero-order chi connectivity index (χ0) is 19.3. The Bertz CT molecular complexity index is 660. The molecule has 1 fully saturated rings. The minimum atomic E-state index is -0.863. The van der Waals surface area contributed by atoms with Gasteiger partial charge in [-0.1, -0.05) is 38.3 Å². The Balaban J connectivity index is 1.75. The van der Waals surface area contributed by atoms with E-state index in [-0.39, 0.29) is 30.6 Å². The lowest BCUT2D eigenvalue weighted by molar-refractivity contribution is -0.155.